The van der Waals surface area contributed by atoms with Crippen molar-refractivity contribution in [3.63, 3.8) is 0 Å². The fourth-order valence-corrected chi connectivity index (χ4v) is 2.11. The molecule has 2 aromatic rings. The van der Waals surface area contributed by atoms with E-state index in [4.69, 9.17) is 0 Å². The van der Waals surface area contributed by atoms with Crippen LogP contribution in [0.2, 0.25) is 0 Å². The van der Waals surface area contributed by atoms with E-state index in [1.165, 1.54) is 32.2 Å². The minimum absolute atomic E-state index is 0.104. The molecule has 0 bridgehead atoms. The fraction of sp³-hybridized carbons (Fsp3) is 0.125. The van der Waals surface area contributed by atoms with Gasteiger partial charge in [-0.3, -0.25) is 19.7 Å². The van der Waals surface area contributed by atoms with Crippen LogP contribution in [0.1, 0.15) is 26.3 Å². The van der Waals surface area contributed by atoms with Gasteiger partial charge in [0.1, 0.15) is 0 Å². The molecule has 0 aliphatic heterocycles. The Hall–Kier alpha value is -3.22. The third-order valence-corrected chi connectivity index (χ3v) is 3.38. The minimum atomic E-state index is -0.524. The van der Waals surface area contributed by atoms with E-state index in [0.29, 0.717) is 16.8 Å². The highest BCUT2D eigenvalue weighted by Gasteiger charge is 2.18. The van der Waals surface area contributed by atoms with E-state index < -0.39 is 10.8 Å². The molecule has 0 aromatic heterocycles. The van der Waals surface area contributed by atoms with Crippen molar-refractivity contribution in [1.29, 1.82) is 0 Å². The Morgan fingerprint density at radius 3 is 2.26 bits per heavy atom. The molecule has 0 fully saturated rings. The Labute approximate surface area is 132 Å². The second kappa shape index (κ2) is 6.69. The smallest absolute Gasteiger partial charge is 0.273 e. The lowest BCUT2D eigenvalue weighted by atomic mass is 10.1. The standard InChI is InChI=1S/C16H15N3O4/c1-10-13(4-3-5-14(10)19(22)23)16(21)18-12-8-6-11(7-9-12)15(20)17-2/h3-9H,1-2H3,(H,17,20)(H,18,21). The summed E-state index contributed by atoms with van der Waals surface area (Å²) in [5.41, 5.74) is 1.39. The van der Waals surface area contributed by atoms with Crippen molar-refractivity contribution in [3.05, 3.63) is 69.3 Å². The van der Waals surface area contributed by atoms with E-state index in [2.05, 4.69) is 10.6 Å². The van der Waals surface area contributed by atoms with Crippen molar-refractivity contribution in [2.75, 3.05) is 12.4 Å². The molecule has 0 saturated heterocycles. The van der Waals surface area contributed by atoms with Gasteiger partial charge in [-0.2, -0.15) is 0 Å². The lowest BCUT2D eigenvalue weighted by molar-refractivity contribution is -0.385. The number of nitrogens with zero attached hydrogens (tertiary/aromatic N) is 1. The number of carbonyl (C=O) groups excluding carboxylic acids is 2. The second-order valence-electron chi connectivity index (χ2n) is 4.82. The first-order valence-corrected chi connectivity index (χ1v) is 6.81. The number of hydrogen-bond acceptors (Lipinski definition) is 4. The third-order valence-electron chi connectivity index (χ3n) is 3.38. The summed E-state index contributed by atoms with van der Waals surface area (Å²) in [5.74, 6) is -0.670. The average Bonchev–Trinajstić information content (AvgIpc) is 2.54. The molecule has 7 nitrogen and oxygen atoms in total. The van der Waals surface area contributed by atoms with Crippen molar-refractivity contribution in [3.8, 4) is 0 Å². The van der Waals surface area contributed by atoms with Gasteiger partial charge in [0.2, 0.25) is 0 Å². The van der Waals surface area contributed by atoms with Gasteiger partial charge in [0, 0.05) is 35.5 Å². The molecule has 0 aliphatic carbocycles. The number of nitro groups is 1. The Balaban J connectivity index is 2.21. The molecule has 0 unspecified atom stereocenters. The molecule has 0 atom stereocenters. The van der Waals surface area contributed by atoms with E-state index >= 15 is 0 Å². The maximum Gasteiger partial charge on any atom is 0.273 e. The normalized spacial score (nSPS) is 10.0. The van der Waals surface area contributed by atoms with Gasteiger partial charge in [0.25, 0.3) is 17.5 Å². The monoisotopic (exact) mass is 313 g/mol. The van der Waals surface area contributed by atoms with Gasteiger partial charge < -0.3 is 10.6 Å². The van der Waals surface area contributed by atoms with Gasteiger partial charge in [0.05, 0.1) is 4.92 Å². The molecule has 2 amide bonds. The Kier molecular flexibility index (Phi) is 4.70. The summed E-state index contributed by atoms with van der Waals surface area (Å²) >= 11 is 0. The first-order valence-electron chi connectivity index (χ1n) is 6.81. The van der Waals surface area contributed by atoms with Crippen molar-refractivity contribution in [2.24, 2.45) is 0 Å². The molecule has 0 spiro atoms. The predicted octanol–water partition coefficient (Wildman–Crippen LogP) is 2.52. The summed E-state index contributed by atoms with van der Waals surface area (Å²) in [6.07, 6.45) is 0. The SMILES string of the molecule is CNC(=O)c1ccc(NC(=O)c2cccc([N+](=O)[O-])c2C)cc1. The number of hydrogen-bond donors (Lipinski definition) is 2. The molecular formula is C16H15N3O4. The van der Waals surface area contributed by atoms with Gasteiger partial charge in [-0.25, -0.2) is 0 Å². The number of rotatable bonds is 4. The van der Waals surface area contributed by atoms with Crippen LogP contribution in [-0.2, 0) is 0 Å². The summed E-state index contributed by atoms with van der Waals surface area (Å²) in [7, 11) is 1.53. The average molecular weight is 313 g/mol. The van der Waals surface area contributed by atoms with Gasteiger partial charge in [0.15, 0.2) is 0 Å². The van der Waals surface area contributed by atoms with Crippen LogP contribution in [0.15, 0.2) is 42.5 Å². The Bertz CT molecular complexity index is 769. The van der Waals surface area contributed by atoms with Crippen molar-refractivity contribution in [2.45, 2.75) is 6.92 Å². The number of nitrogens with one attached hydrogen (secondary N) is 2. The fourth-order valence-electron chi connectivity index (χ4n) is 2.11. The Morgan fingerprint density at radius 1 is 1.04 bits per heavy atom. The summed E-state index contributed by atoms with van der Waals surface area (Å²) in [6.45, 7) is 1.53. The second-order valence-corrected chi connectivity index (χ2v) is 4.82. The summed E-state index contributed by atoms with van der Waals surface area (Å²) in [5, 5.41) is 16.1. The molecule has 23 heavy (non-hydrogen) atoms. The van der Waals surface area contributed by atoms with Gasteiger partial charge in [-0.1, -0.05) is 6.07 Å². The molecule has 2 N–H and O–H groups in total. The summed E-state index contributed by atoms with van der Waals surface area (Å²) in [6, 6.07) is 10.7. The van der Waals surface area contributed by atoms with Crippen LogP contribution in [0.3, 0.4) is 0 Å². The lowest BCUT2D eigenvalue weighted by Crippen LogP contribution is -2.18. The van der Waals surface area contributed by atoms with Crippen LogP contribution in [0.25, 0.3) is 0 Å². The topological polar surface area (TPSA) is 101 Å². The van der Waals surface area contributed by atoms with E-state index in [1.807, 2.05) is 0 Å². The number of anilines is 1. The maximum atomic E-state index is 12.3. The zero-order valence-corrected chi connectivity index (χ0v) is 12.6. The molecule has 0 heterocycles. The van der Waals surface area contributed by atoms with Crippen molar-refractivity contribution < 1.29 is 14.5 Å². The van der Waals surface area contributed by atoms with Crippen LogP contribution >= 0.6 is 0 Å². The lowest BCUT2D eigenvalue weighted by Gasteiger charge is -2.08. The van der Waals surface area contributed by atoms with Crippen LogP contribution in [0.4, 0.5) is 11.4 Å². The largest absolute Gasteiger partial charge is 0.355 e. The number of amides is 2. The molecule has 0 radical (unpaired) electrons. The molecule has 7 heteroatoms. The van der Waals surface area contributed by atoms with Crippen molar-refractivity contribution >= 4 is 23.2 Å². The van der Waals surface area contributed by atoms with Crippen LogP contribution in [0.5, 0.6) is 0 Å². The zero-order chi connectivity index (χ0) is 17.0. The van der Waals surface area contributed by atoms with E-state index in [9.17, 15) is 19.7 Å². The summed E-state index contributed by atoms with van der Waals surface area (Å²) in [4.78, 5) is 34.1. The molecule has 0 saturated carbocycles. The number of nitro benzene ring substituents is 1. The van der Waals surface area contributed by atoms with Crippen molar-refractivity contribution in [1.82, 2.24) is 5.32 Å². The zero-order valence-electron chi connectivity index (χ0n) is 12.6. The van der Waals surface area contributed by atoms with Gasteiger partial charge in [-0.05, 0) is 37.3 Å². The van der Waals surface area contributed by atoms with E-state index in [-0.39, 0.29) is 17.2 Å². The highest BCUT2D eigenvalue weighted by atomic mass is 16.6. The van der Waals surface area contributed by atoms with Crippen LogP contribution in [-0.4, -0.2) is 23.8 Å². The highest BCUT2D eigenvalue weighted by Crippen LogP contribution is 2.22. The Morgan fingerprint density at radius 2 is 1.70 bits per heavy atom. The first-order chi connectivity index (χ1) is 10.9. The molecule has 0 aliphatic rings. The van der Waals surface area contributed by atoms with Gasteiger partial charge in [-0.15, -0.1) is 0 Å². The molecule has 2 rings (SSSR count). The number of benzene rings is 2. The minimum Gasteiger partial charge on any atom is -0.355 e. The maximum absolute atomic E-state index is 12.3. The molecular weight excluding hydrogens is 298 g/mol. The van der Waals surface area contributed by atoms with E-state index in [0.717, 1.165) is 0 Å². The summed E-state index contributed by atoms with van der Waals surface area (Å²) < 4.78 is 0. The van der Waals surface area contributed by atoms with E-state index in [1.54, 1.807) is 24.3 Å². The highest BCUT2D eigenvalue weighted by molar-refractivity contribution is 6.06. The molecule has 2 aromatic carbocycles. The van der Waals surface area contributed by atoms with Crippen LogP contribution < -0.4 is 10.6 Å². The van der Waals surface area contributed by atoms with Crippen LogP contribution in [0, 0.1) is 17.0 Å². The third kappa shape index (κ3) is 3.52. The predicted molar refractivity (Wildman–Crippen MR) is 85.6 cm³/mol. The van der Waals surface area contributed by atoms with Gasteiger partial charge >= 0.3 is 0 Å². The quantitative estimate of drug-likeness (QED) is 0.669. The number of carbonyl (C=O) groups is 2. The molecule has 118 valence electrons. The first kappa shape index (κ1) is 16.2.